The molecule has 3 N–H and O–H groups in total. The maximum atomic E-state index is 10.9. The van der Waals surface area contributed by atoms with E-state index in [4.69, 9.17) is 10.8 Å². The van der Waals surface area contributed by atoms with Gasteiger partial charge in [-0.2, -0.15) is 0 Å². The van der Waals surface area contributed by atoms with Crippen molar-refractivity contribution in [3.05, 3.63) is 34.2 Å². The molecule has 5 heteroatoms. The lowest BCUT2D eigenvalue weighted by atomic mass is 10.0. The van der Waals surface area contributed by atoms with Crippen molar-refractivity contribution in [1.29, 1.82) is 0 Å². The van der Waals surface area contributed by atoms with Gasteiger partial charge in [-0.05, 0) is 25.5 Å². The molecular formula is C13H14N2O2S. The lowest BCUT2D eigenvalue weighted by Crippen LogP contribution is -2.00. The molecule has 0 aliphatic heterocycles. The van der Waals surface area contributed by atoms with E-state index in [1.165, 1.54) is 11.3 Å². The number of hydrogen-bond donors (Lipinski definition) is 2. The normalized spacial score (nSPS) is 10.6. The number of anilines is 1. The number of benzene rings is 1. The SMILES string of the molecule is Cc1ccc(C)c(-c2nc(N)sc2CC(=O)O)c1. The van der Waals surface area contributed by atoms with Crippen LogP contribution in [-0.2, 0) is 11.2 Å². The zero-order valence-corrected chi connectivity index (χ0v) is 11.0. The van der Waals surface area contributed by atoms with Gasteiger partial charge in [0.2, 0.25) is 0 Å². The summed E-state index contributed by atoms with van der Waals surface area (Å²) in [4.78, 5) is 15.8. The van der Waals surface area contributed by atoms with E-state index in [0.29, 0.717) is 15.7 Å². The van der Waals surface area contributed by atoms with Crippen LogP contribution in [0.4, 0.5) is 5.13 Å². The Bertz CT molecular complexity index is 605. The Labute approximate surface area is 109 Å². The number of carbonyl (C=O) groups is 1. The summed E-state index contributed by atoms with van der Waals surface area (Å²) in [5.74, 6) is -0.870. The second-order valence-electron chi connectivity index (χ2n) is 4.21. The van der Waals surface area contributed by atoms with Crippen molar-refractivity contribution < 1.29 is 9.90 Å². The van der Waals surface area contributed by atoms with Crippen molar-refractivity contribution in [2.75, 3.05) is 5.73 Å². The van der Waals surface area contributed by atoms with E-state index in [-0.39, 0.29) is 6.42 Å². The van der Waals surface area contributed by atoms with E-state index in [1.54, 1.807) is 0 Å². The third-order valence-electron chi connectivity index (χ3n) is 2.67. The van der Waals surface area contributed by atoms with Crippen LogP contribution in [0.15, 0.2) is 18.2 Å². The average Bonchev–Trinajstić information content (AvgIpc) is 2.62. The van der Waals surface area contributed by atoms with Crippen LogP contribution in [0, 0.1) is 13.8 Å². The highest BCUT2D eigenvalue weighted by molar-refractivity contribution is 7.15. The van der Waals surface area contributed by atoms with Crippen molar-refractivity contribution >= 4 is 22.4 Å². The number of nitrogen functional groups attached to an aromatic ring is 1. The summed E-state index contributed by atoms with van der Waals surface area (Å²) in [6.45, 7) is 3.98. The van der Waals surface area contributed by atoms with Crippen molar-refractivity contribution in [3.8, 4) is 11.3 Å². The van der Waals surface area contributed by atoms with Gasteiger partial charge in [0, 0.05) is 10.4 Å². The van der Waals surface area contributed by atoms with Gasteiger partial charge < -0.3 is 10.8 Å². The number of aryl methyl sites for hydroxylation is 2. The van der Waals surface area contributed by atoms with Crippen LogP contribution in [0.3, 0.4) is 0 Å². The van der Waals surface area contributed by atoms with Crippen LogP contribution in [0.2, 0.25) is 0 Å². The van der Waals surface area contributed by atoms with E-state index in [1.807, 2.05) is 32.0 Å². The number of rotatable bonds is 3. The summed E-state index contributed by atoms with van der Waals surface area (Å²) < 4.78 is 0. The Morgan fingerprint density at radius 2 is 2.17 bits per heavy atom. The molecule has 0 unspecified atom stereocenters. The first-order valence-corrected chi connectivity index (χ1v) is 6.33. The molecule has 2 aromatic rings. The molecule has 0 bridgehead atoms. The number of aromatic nitrogens is 1. The molecule has 2 rings (SSSR count). The summed E-state index contributed by atoms with van der Waals surface area (Å²) in [7, 11) is 0. The Morgan fingerprint density at radius 3 is 2.83 bits per heavy atom. The van der Waals surface area contributed by atoms with E-state index >= 15 is 0 Å². The zero-order chi connectivity index (χ0) is 13.3. The van der Waals surface area contributed by atoms with Crippen LogP contribution >= 0.6 is 11.3 Å². The van der Waals surface area contributed by atoms with Crippen LogP contribution in [0.1, 0.15) is 16.0 Å². The van der Waals surface area contributed by atoms with E-state index in [2.05, 4.69) is 4.98 Å². The molecule has 0 spiro atoms. The molecule has 18 heavy (non-hydrogen) atoms. The minimum Gasteiger partial charge on any atom is -0.481 e. The van der Waals surface area contributed by atoms with Gasteiger partial charge >= 0.3 is 5.97 Å². The number of carboxylic acids is 1. The van der Waals surface area contributed by atoms with E-state index in [9.17, 15) is 4.79 Å². The van der Waals surface area contributed by atoms with Crippen molar-refractivity contribution in [2.45, 2.75) is 20.3 Å². The Morgan fingerprint density at radius 1 is 1.44 bits per heavy atom. The molecule has 94 valence electrons. The predicted octanol–water partition coefficient (Wildman–Crippen LogP) is 2.64. The number of aliphatic carboxylic acids is 1. The molecule has 1 aromatic carbocycles. The lowest BCUT2D eigenvalue weighted by molar-refractivity contribution is -0.136. The Kier molecular flexibility index (Phi) is 3.34. The van der Waals surface area contributed by atoms with Gasteiger partial charge in [0.05, 0.1) is 12.1 Å². The molecular weight excluding hydrogens is 248 g/mol. The van der Waals surface area contributed by atoms with Crippen molar-refractivity contribution in [2.24, 2.45) is 0 Å². The Hall–Kier alpha value is -1.88. The maximum absolute atomic E-state index is 10.9. The number of hydrogen-bond acceptors (Lipinski definition) is 4. The van der Waals surface area contributed by atoms with Crippen LogP contribution in [0.5, 0.6) is 0 Å². The summed E-state index contributed by atoms with van der Waals surface area (Å²) in [5, 5.41) is 9.31. The molecule has 0 atom stereocenters. The molecule has 1 heterocycles. The average molecular weight is 262 g/mol. The van der Waals surface area contributed by atoms with Crippen molar-refractivity contribution in [1.82, 2.24) is 4.98 Å². The quantitative estimate of drug-likeness (QED) is 0.891. The highest BCUT2D eigenvalue weighted by atomic mass is 32.1. The maximum Gasteiger partial charge on any atom is 0.308 e. The van der Waals surface area contributed by atoms with E-state index < -0.39 is 5.97 Å². The van der Waals surface area contributed by atoms with Crippen LogP contribution in [0.25, 0.3) is 11.3 Å². The van der Waals surface area contributed by atoms with Gasteiger partial charge in [0.1, 0.15) is 0 Å². The first kappa shape index (κ1) is 12.6. The monoisotopic (exact) mass is 262 g/mol. The number of thiazole rings is 1. The summed E-state index contributed by atoms with van der Waals surface area (Å²) in [5.41, 5.74) is 9.53. The van der Waals surface area contributed by atoms with Gasteiger partial charge in [-0.25, -0.2) is 4.98 Å². The molecule has 0 fully saturated rings. The van der Waals surface area contributed by atoms with Gasteiger partial charge in [-0.15, -0.1) is 11.3 Å². The van der Waals surface area contributed by atoms with Crippen molar-refractivity contribution in [3.63, 3.8) is 0 Å². The number of nitrogens with two attached hydrogens (primary N) is 1. The molecule has 0 aliphatic carbocycles. The largest absolute Gasteiger partial charge is 0.481 e. The smallest absolute Gasteiger partial charge is 0.308 e. The fourth-order valence-corrected chi connectivity index (χ4v) is 2.67. The highest BCUT2D eigenvalue weighted by Crippen LogP contribution is 2.32. The fraction of sp³-hybridized carbons (Fsp3) is 0.231. The number of carboxylic acid groups (broad SMARTS) is 1. The minimum atomic E-state index is -0.870. The second-order valence-corrected chi connectivity index (χ2v) is 5.33. The molecule has 4 nitrogen and oxygen atoms in total. The van der Waals surface area contributed by atoms with Gasteiger partial charge in [0.15, 0.2) is 5.13 Å². The molecule has 0 aliphatic rings. The molecule has 0 saturated heterocycles. The first-order valence-electron chi connectivity index (χ1n) is 5.52. The zero-order valence-electron chi connectivity index (χ0n) is 10.2. The third-order valence-corrected chi connectivity index (χ3v) is 3.56. The number of nitrogens with zero attached hydrogens (tertiary/aromatic N) is 1. The van der Waals surface area contributed by atoms with Crippen LogP contribution < -0.4 is 5.73 Å². The summed E-state index contributed by atoms with van der Waals surface area (Å²) in [6.07, 6.45) is -0.0441. The van der Waals surface area contributed by atoms with Gasteiger partial charge in [-0.3, -0.25) is 4.79 Å². The van der Waals surface area contributed by atoms with Crippen LogP contribution in [-0.4, -0.2) is 16.1 Å². The third kappa shape index (κ3) is 2.51. The van der Waals surface area contributed by atoms with Gasteiger partial charge in [0.25, 0.3) is 0 Å². The molecule has 0 saturated carbocycles. The first-order chi connectivity index (χ1) is 8.47. The minimum absolute atomic E-state index is 0.0441. The van der Waals surface area contributed by atoms with E-state index in [0.717, 1.165) is 16.7 Å². The standard InChI is InChI=1S/C13H14N2O2S/c1-7-3-4-8(2)9(5-7)12-10(6-11(16)17)18-13(14)15-12/h3-5H,6H2,1-2H3,(H2,14,15)(H,16,17). The van der Waals surface area contributed by atoms with Gasteiger partial charge in [-0.1, -0.05) is 17.7 Å². The summed E-state index contributed by atoms with van der Waals surface area (Å²) >= 11 is 1.24. The highest BCUT2D eigenvalue weighted by Gasteiger charge is 2.16. The second kappa shape index (κ2) is 4.78. The predicted molar refractivity (Wildman–Crippen MR) is 72.8 cm³/mol. The Balaban J connectivity index is 2.55. The lowest BCUT2D eigenvalue weighted by Gasteiger charge is -2.06. The molecule has 0 amide bonds. The summed E-state index contributed by atoms with van der Waals surface area (Å²) in [6, 6.07) is 6.03. The topological polar surface area (TPSA) is 76.2 Å². The fourth-order valence-electron chi connectivity index (χ4n) is 1.83. The molecule has 0 radical (unpaired) electrons. The molecule has 1 aromatic heterocycles.